The summed E-state index contributed by atoms with van der Waals surface area (Å²) in [6.45, 7) is 3.04. The molecule has 0 atom stereocenters. The minimum absolute atomic E-state index is 0.554. The summed E-state index contributed by atoms with van der Waals surface area (Å²) >= 11 is 0. The van der Waals surface area contributed by atoms with E-state index < -0.39 is 0 Å². The van der Waals surface area contributed by atoms with Gasteiger partial charge in [-0.1, -0.05) is 42.5 Å². The Kier molecular flexibility index (Phi) is 5.89. The summed E-state index contributed by atoms with van der Waals surface area (Å²) < 4.78 is 5.45. The second-order valence-corrected chi connectivity index (χ2v) is 3.45. The minimum Gasteiger partial charge on any atom is -0.373 e. The van der Waals surface area contributed by atoms with Gasteiger partial charge in [-0.3, -0.25) is 4.79 Å². The highest BCUT2D eigenvalue weighted by molar-refractivity contribution is 5.66. The van der Waals surface area contributed by atoms with Crippen LogP contribution >= 0.6 is 0 Å². The predicted molar refractivity (Wildman–Crippen MR) is 65.1 cm³/mol. The molecule has 1 aromatic rings. The molecule has 2 heteroatoms. The molecule has 0 saturated carbocycles. The van der Waals surface area contributed by atoms with Gasteiger partial charge in [0.05, 0.1) is 13.2 Å². The van der Waals surface area contributed by atoms with Crippen molar-refractivity contribution in [3.63, 3.8) is 0 Å². The first kappa shape index (κ1) is 12.4. The van der Waals surface area contributed by atoms with Gasteiger partial charge in [-0.25, -0.2) is 0 Å². The molecule has 0 aliphatic heterocycles. The standard InChI is InChI=1S/C14H16O2/c1-13(9-10-15)6-5-11-16-12-14-7-3-2-4-8-14/h2-10H,11-12H2,1H3/b6-5+,13-9+. The number of hydrogen-bond acceptors (Lipinski definition) is 2. The topological polar surface area (TPSA) is 26.3 Å². The number of rotatable bonds is 6. The van der Waals surface area contributed by atoms with Crippen molar-refractivity contribution in [2.24, 2.45) is 0 Å². The van der Waals surface area contributed by atoms with Crippen molar-refractivity contribution >= 4 is 6.29 Å². The average molecular weight is 216 g/mol. The van der Waals surface area contributed by atoms with Crippen LogP contribution in [0.2, 0.25) is 0 Å². The fourth-order valence-electron chi connectivity index (χ4n) is 1.22. The van der Waals surface area contributed by atoms with E-state index in [0.717, 1.165) is 17.4 Å². The van der Waals surface area contributed by atoms with Gasteiger partial charge in [-0.15, -0.1) is 0 Å². The van der Waals surface area contributed by atoms with Crippen LogP contribution in [0.5, 0.6) is 0 Å². The zero-order chi connectivity index (χ0) is 11.6. The van der Waals surface area contributed by atoms with E-state index in [1.54, 1.807) is 0 Å². The molecule has 0 aliphatic carbocycles. The molecule has 0 unspecified atom stereocenters. The van der Waals surface area contributed by atoms with Gasteiger partial charge in [0, 0.05) is 0 Å². The van der Waals surface area contributed by atoms with E-state index in [-0.39, 0.29) is 0 Å². The third kappa shape index (κ3) is 5.27. The summed E-state index contributed by atoms with van der Waals surface area (Å²) in [6.07, 6.45) is 6.08. The Morgan fingerprint density at radius 1 is 1.31 bits per heavy atom. The summed E-state index contributed by atoms with van der Waals surface area (Å²) in [7, 11) is 0. The first-order valence-electron chi connectivity index (χ1n) is 5.23. The molecule has 0 radical (unpaired) electrons. The van der Waals surface area contributed by atoms with Crippen molar-refractivity contribution in [2.75, 3.05) is 6.61 Å². The lowest BCUT2D eigenvalue weighted by Crippen LogP contribution is -1.92. The molecule has 0 bridgehead atoms. The number of allylic oxidation sites excluding steroid dienone is 3. The Balaban J connectivity index is 2.22. The zero-order valence-electron chi connectivity index (χ0n) is 9.43. The predicted octanol–water partition coefficient (Wildman–Crippen LogP) is 2.90. The van der Waals surface area contributed by atoms with Crippen LogP contribution in [-0.4, -0.2) is 12.9 Å². The van der Waals surface area contributed by atoms with Gasteiger partial charge in [-0.05, 0) is 24.1 Å². The molecule has 0 fully saturated rings. The number of benzene rings is 1. The largest absolute Gasteiger partial charge is 0.373 e. The van der Waals surface area contributed by atoms with Crippen molar-refractivity contribution in [1.82, 2.24) is 0 Å². The number of ether oxygens (including phenoxy) is 1. The van der Waals surface area contributed by atoms with E-state index in [1.807, 2.05) is 49.4 Å². The lowest BCUT2D eigenvalue weighted by Gasteiger charge is -2.00. The van der Waals surface area contributed by atoms with Gasteiger partial charge >= 0.3 is 0 Å². The van der Waals surface area contributed by atoms with Crippen molar-refractivity contribution < 1.29 is 9.53 Å². The zero-order valence-corrected chi connectivity index (χ0v) is 9.43. The second kappa shape index (κ2) is 7.60. The van der Waals surface area contributed by atoms with E-state index in [1.165, 1.54) is 6.08 Å². The number of carbonyl (C=O) groups excluding carboxylic acids is 1. The van der Waals surface area contributed by atoms with Gasteiger partial charge in [0.1, 0.15) is 6.29 Å². The molecular formula is C14H16O2. The van der Waals surface area contributed by atoms with Crippen LogP contribution in [0.15, 0.2) is 54.1 Å². The molecule has 16 heavy (non-hydrogen) atoms. The third-order valence-corrected chi connectivity index (χ3v) is 2.04. The normalized spacial score (nSPS) is 11.9. The Morgan fingerprint density at radius 3 is 2.75 bits per heavy atom. The molecule has 0 aliphatic rings. The van der Waals surface area contributed by atoms with Gasteiger partial charge in [0.15, 0.2) is 0 Å². The molecule has 0 heterocycles. The molecule has 1 aromatic carbocycles. The highest BCUT2D eigenvalue weighted by atomic mass is 16.5. The summed E-state index contributed by atoms with van der Waals surface area (Å²) in [4.78, 5) is 10.1. The molecule has 1 rings (SSSR count). The highest BCUT2D eigenvalue weighted by Crippen LogP contribution is 2.00. The van der Waals surface area contributed by atoms with Crippen molar-refractivity contribution in [3.8, 4) is 0 Å². The van der Waals surface area contributed by atoms with Crippen molar-refractivity contribution in [1.29, 1.82) is 0 Å². The van der Waals surface area contributed by atoms with E-state index in [9.17, 15) is 4.79 Å². The second-order valence-electron chi connectivity index (χ2n) is 3.45. The Labute approximate surface area is 96.2 Å². The van der Waals surface area contributed by atoms with Crippen LogP contribution in [0.3, 0.4) is 0 Å². The summed E-state index contributed by atoms with van der Waals surface area (Å²) in [5.41, 5.74) is 2.09. The van der Waals surface area contributed by atoms with E-state index in [0.29, 0.717) is 13.2 Å². The lowest BCUT2D eigenvalue weighted by molar-refractivity contribution is -0.104. The van der Waals surface area contributed by atoms with Gasteiger partial charge in [-0.2, -0.15) is 0 Å². The Bertz CT molecular complexity index is 364. The number of aldehydes is 1. The van der Waals surface area contributed by atoms with Crippen LogP contribution in [0.4, 0.5) is 0 Å². The molecule has 84 valence electrons. The molecule has 0 amide bonds. The summed E-state index contributed by atoms with van der Waals surface area (Å²) in [6, 6.07) is 10.0. The van der Waals surface area contributed by atoms with E-state index in [4.69, 9.17) is 4.74 Å². The van der Waals surface area contributed by atoms with Gasteiger partial charge in [0.2, 0.25) is 0 Å². The molecule has 0 saturated heterocycles. The smallest absolute Gasteiger partial charge is 0.143 e. The lowest BCUT2D eigenvalue weighted by atomic mass is 10.2. The monoisotopic (exact) mass is 216 g/mol. The first-order valence-corrected chi connectivity index (χ1v) is 5.23. The fourth-order valence-corrected chi connectivity index (χ4v) is 1.22. The van der Waals surface area contributed by atoms with E-state index >= 15 is 0 Å². The van der Waals surface area contributed by atoms with Crippen LogP contribution < -0.4 is 0 Å². The van der Waals surface area contributed by atoms with Crippen LogP contribution in [0.25, 0.3) is 0 Å². The number of carbonyl (C=O) groups is 1. The third-order valence-electron chi connectivity index (χ3n) is 2.04. The van der Waals surface area contributed by atoms with Gasteiger partial charge < -0.3 is 4.74 Å². The number of hydrogen-bond donors (Lipinski definition) is 0. The van der Waals surface area contributed by atoms with Crippen LogP contribution in [-0.2, 0) is 16.1 Å². The maximum Gasteiger partial charge on any atom is 0.143 e. The fraction of sp³-hybridized carbons (Fsp3) is 0.214. The maximum absolute atomic E-state index is 10.1. The van der Waals surface area contributed by atoms with Gasteiger partial charge in [0.25, 0.3) is 0 Å². The van der Waals surface area contributed by atoms with Crippen LogP contribution in [0.1, 0.15) is 12.5 Å². The quantitative estimate of drug-likeness (QED) is 0.316. The van der Waals surface area contributed by atoms with Crippen molar-refractivity contribution in [3.05, 3.63) is 59.7 Å². The highest BCUT2D eigenvalue weighted by Gasteiger charge is 1.89. The molecule has 0 N–H and O–H groups in total. The minimum atomic E-state index is 0.554. The molecule has 0 aromatic heterocycles. The summed E-state index contributed by atoms with van der Waals surface area (Å²) in [5, 5.41) is 0. The SMILES string of the molecule is CC(/C=C/COCc1ccccc1)=C\C=O. The molecular weight excluding hydrogens is 200 g/mol. The first-order chi connectivity index (χ1) is 7.83. The summed E-state index contributed by atoms with van der Waals surface area (Å²) in [5.74, 6) is 0. The Morgan fingerprint density at radius 2 is 2.06 bits per heavy atom. The molecule has 2 nitrogen and oxygen atoms in total. The molecule has 0 spiro atoms. The maximum atomic E-state index is 10.1. The van der Waals surface area contributed by atoms with E-state index in [2.05, 4.69) is 0 Å². The van der Waals surface area contributed by atoms with Crippen LogP contribution in [0, 0.1) is 0 Å². The Hall–Kier alpha value is -1.67. The van der Waals surface area contributed by atoms with Crippen molar-refractivity contribution in [2.45, 2.75) is 13.5 Å². The average Bonchev–Trinajstić information content (AvgIpc) is 2.30.